The van der Waals surface area contributed by atoms with Gasteiger partial charge in [-0.1, -0.05) is 72.3 Å². The zero-order chi connectivity index (χ0) is 22.8. The molecule has 0 saturated heterocycles. The van der Waals surface area contributed by atoms with Gasteiger partial charge in [0.25, 0.3) is 0 Å². The fraction of sp³-hybridized carbons (Fsp3) is 0. The molecule has 5 rings (SSSR count). The van der Waals surface area contributed by atoms with Crippen LogP contribution in [0.3, 0.4) is 0 Å². The number of nitriles is 1. The summed E-state index contributed by atoms with van der Waals surface area (Å²) in [5.74, 6) is -0.465. The summed E-state index contributed by atoms with van der Waals surface area (Å²) < 4.78 is 15.0. The maximum atomic E-state index is 15.0. The van der Waals surface area contributed by atoms with Crippen molar-refractivity contribution in [3.8, 4) is 17.3 Å². The Morgan fingerprint density at radius 1 is 1.00 bits per heavy atom. The highest BCUT2D eigenvalue weighted by Crippen LogP contribution is 2.38. The molecule has 0 N–H and O–H groups in total. The summed E-state index contributed by atoms with van der Waals surface area (Å²) in [5.41, 5.74) is 5.28. The predicted octanol–water partition coefficient (Wildman–Crippen LogP) is 7.19. The highest BCUT2D eigenvalue weighted by Gasteiger charge is 2.21. The number of pyridine rings is 1. The summed E-state index contributed by atoms with van der Waals surface area (Å²) in [6, 6.07) is 24.2. The first kappa shape index (κ1) is 21.0. The highest BCUT2D eigenvalue weighted by atomic mass is 35.5. The Morgan fingerprint density at radius 2 is 1.67 bits per heavy atom. The third kappa shape index (κ3) is 4.00. The summed E-state index contributed by atoms with van der Waals surface area (Å²) in [4.78, 5) is 13.7. The van der Waals surface area contributed by atoms with Crippen molar-refractivity contribution in [2.75, 3.05) is 0 Å². The molecule has 158 valence electrons. The van der Waals surface area contributed by atoms with Crippen LogP contribution in [0.25, 0.3) is 22.2 Å². The first-order chi connectivity index (χ1) is 16.2. The second-order valence-electron chi connectivity index (χ2n) is 7.15. The number of benzene rings is 3. The summed E-state index contributed by atoms with van der Waals surface area (Å²) in [6.07, 6.45) is 0. The van der Waals surface area contributed by atoms with Crippen LogP contribution in [0.4, 0.5) is 10.2 Å². The third-order valence-electron chi connectivity index (χ3n) is 5.10. The Hall–Kier alpha value is -3.92. The number of thiazole rings is 1. The van der Waals surface area contributed by atoms with E-state index in [2.05, 4.69) is 16.0 Å². The molecular weight excluding hydrogens is 455 g/mol. The van der Waals surface area contributed by atoms with Crippen molar-refractivity contribution in [2.45, 2.75) is 0 Å². The molecule has 2 aromatic heterocycles. The monoisotopic (exact) mass is 468 g/mol. The quantitative estimate of drug-likeness (QED) is 0.262. The summed E-state index contributed by atoms with van der Waals surface area (Å²) in [6.45, 7) is 0. The van der Waals surface area contributed by atoms with Crippen LogP contribution < -0.4 is 0 Å². The lowest BCUT2D eigenvalue weighted by molar-refractivity contribution is 0.637. The summed E-state index contributed by atoms with van der Waals surface area (Å²) >= 11 is 7.52. The molecule has 3 aromatic carbocycles. The number of halogens is 2. The van der Waals surface area contributed by atoms with Crippen LogP contribution in [0.2, 0.25) is 5.02 Å². The number of rotatable bonds is 4. The molecule has 0 bridgehead atoms. The van der Waals surface area contributed by atoms with E-state index >= 15 is 0 Å². The van der Waals surface area contributed by atoms with Crippen LogP contribution >= 0.6 is 22.9 Å². The van der Waals surface area contributed by atoms with E-state index in [1.807, 2.05) is 60.7 Å². The van der Waals surface area contributed by atoms with Crippen molar-refractivity contribution < 1.29 is 4.39 Å². The van der Waals surface area contributed by atoms with Gasteiger partial charge in [-0.15, -0.1) is 11.3 Å². The molecule has 0 radical (unpaired) electrons. The van der Waals surface area contributed by atoms with Gasteiger partial charge in [-0.05, 0) is 12.1 Å². The molecule has 0 unspecified atom stereocenters. The maximum absolute atomic E-state index is 15.0. The molecule has 0 spiro atoms. The number of aliphatic imine (C=N–C) groups is 1. The minimum atomic E-state index is -0.587. The topological polar surface area (TPSA) is 61.9 Å². The van der Waals surface area contributed by atoms with Gasteiger partial charge in [-0.3, -0.25) is 0 Å². The minimum Gasteiger partial charge on any atom is -0.245 e. The molecule has 0 fully saturated rings. The predicted molar refractivity (Wildman–Crippen MR) is 131 cm³/mol. The first-order valence-electron chi connectivity index (χ1n) is 9.96. The van der Waals surface area contributed by atoms with Crippen molar-refractivity contribution in [2.24, 2.45) is 4.99 Å². The minimum absolute atomic E-state index is 0.0839. The molecule has 0 aliphatic heterocycles. The third-order valence-corrected chi connectivity index (χ3v) is 5.91. The molecule has 0 aliphatic carbocycles. The summed E-state index contributed by atoms with van der Waals surface area (Å²) in [7, 11) is 0. The van der Waals surface area contributed by atoms with Gasteiger partial charge in [0.05, 0.1) is 16.9 Å². The lowest BCUT2D eigenvalue weighted by atomic mass is 9.99. The molecule has 0 atom stereocenters. The van der Waals surface area contributed by atoms with E-state index in [4.69, 9.17) is 16.6 Å². The molecule has 0 aliphatic rings. The van der Waals surface area contributed by atoms with Gasteiger partial charge in [-0.25, -0.2) is 19.4 Å². The number of aromatic nitrogens is 2. The zero-order valence-corrected chi connectivity index (χ0v) is 18.6. The van der Waals surface area contributed by atoms with Crippen LogP contribution in [-0.2, 0) is 0 Å². The first-order valence-corrected chi connectivity index (χ1v) is 11.3. The van der Waals surface area contributed by atoms with Crippen molar-refractivity contribution in [1.82, 2.24) is 9.97 Å². The fourth-order valence-electron chi connectivity index (χ4n) is 3.66. The second-order valence-corrected chi connectivity index (χ2v) is 8.30. The van der Waals surface area contributed by atoms with Crippen LogP contribution in [0.1, 0.15) is 16.7 Å². The van der Waals surface area contributed by atoms with Gasteiger partial charge in [0.1, 0.15) is 17.1 Å². The van der Waals surface area contributed by atoms with E-state index in [1.165, 1.54) is 17.4 Å². The van der Waals surface area contributed by atoms with Crippen LogP contribution in [0.15, 0.2) is 88.7 Å². The van der Waals surface area contributed by atoms with Crippen molar-refractivity contribution in [1.29, 1.82) is 5.26 Å². The Morgan fingerprint density at radius 3 is 2.24 bits per heavy atom. The number of nitrogens with zero attached hydrogens (tertiary/aromatic N) is 4. The van der Waals surface area contributed by atoms with Crippen LogP contribution in [-0.4, -0.2) is 15.7 Å². The molecule has 2 heterocycles. The molecule has 7 heteroatoms. The van der Waals surface area contributed by atoms with Crippen molar-refractivity contribution >= 4 is 45.4 Å². The van der Waals surface area contributed by atoms with Gasteiger partial charge in [0.2, 0.25) is 0 Å². The van der Waals surface area contributed by atoms with Gasteiger partial charge in [0, 0.05) is 32.5 Å². The highest BCUT2D eigenvalue weighted by molar-refractivity contribution is 7.07. The number of fused-ring (bicyclic) bond motifs is 1. The molecule has 4 nitrogen and oxygen atoms in total. The Labute approximate surface area is 198 Å². The lowest BCUT2D eigenvalue weighted by Crippen LogP contribution is -2.04. The SMILES string of the molecule is N#Cc1c(N=C(c2ccccc2)c2ccccc2)nc2c(F)cc(Cl)cc2c1-c1cscn1. The van der Waals surface area contributed by atoms with Gasteiger partial charge >= 0.3 is 0 Å². The second kappa shape index (κ2) is 8.91. The Kier molecular flexibility index (Phi) is 5.66. The van der Waals surface area contributed by atoms with Crippen molar-refractivity contribution in [3.05, 3.63) is 111 Å². The molecule has 0 saturated carbocycles. The largest absolute Gasteiger partial charge is 0.245 e. The van der Waals surface area contributed by atoms with Crippen molar-refractivity contribution in [3.63, 3.8) is 0 Å². The van der Waals surface area contributed by atoms with Gasteiger partial charge in [0.15, 0.2) is 11.6 Å². The number of hydrogen-bond acceptors (Lipinski definition) is 5. The average Bonchev–Trinajstić information content (AvgIpc) is 3.37. The Balaban J connectivity index is 1.88. The molecular formula is C26H14ClFN4S. The lowest BCUT2D eigenvalue weighted by Gasteiger charge is -2.12. The van der Waals surface area contributed by atoms with Crippen LogP contribution in [0, 0.1) is 17.1 Å². The van der Waals surface area contributed by atoms with E-state index < -0.39 is 5.82 Å². The van der Waals surface area contributed by atoms with E-state index in [-0.39, 0.29) is 21.9 Å². The smallest absolute Gasteiger partial charge is 0.171 e. The Bertz CT molecular complexity index is 1480. The molecule has 0 amide bonds. The molecule has 33 heavy (non-hydrogen) atoms. The molecule has 5 aromatic rings. The van der Waals surface area contributed by atoms with Crippen LogP contribution in [0.5, 0.6) is 0 Å². The zero-order valence-electron chi connectivity index (χ0n) is 17.0. The number of hydrogen-bond donors (Lipinski definition) is 0. The van der Waals surface area contributed by atoms with E-state index in [1.54, 1.807) is 17.0 Å². The van der Waals surface area contributed by atoms with E-state index in [9.17, 15) is 9.65 Å². The van der Waals surface area contributed by atoms with E-state index in [0.717, 1.165) is 11.1 Å². The fourth-order valence-corrected chi connectivity index (χ4v) is 4.41. The van der Waals surface area contributed by atoms with E-state index in [0.29, 0.717) is 22.4 Å². The normalized spacial score (nSPS) is 10.7. The summed E-state index contributed by atoms with van der Waals surface area (Å²) in [5, 5.41) is 12.6. The maximum Gasteiger partial charge on any atom is 0.171 e. The average molecular weight is 469 g/mol. The standard InChI is InChI=1S/C26H14ClFN4S/c27-18-11-19-23(22-14-33-15-30-22)20(13-29)26(32-25(19)21(28)12-18)31-24(16-7-3-1-4-8-16)17-9-5-2-6-10-17/h1-12,14-15H. The van der Waals surface area contributed by atoms with Gasteiger partial charge in [-0.2, -0.15) is 5.26 Å². The van der Waals surface area contributed by atoms with Gasteiger partial charge < -0.3 is 0 Å².